The van der Waals surface area contributed by atoms with Crippen LogP contribution in [-0.4, -0.2) is 53.3 Å². The molecule has 0 aliphatic carbocycles. The molecule has 3 heterocycles. The number of hydrogen-bond acceptors (Lipinski definition) is 7. The molecule has 0 spiro atoms. The Morgan fingerprint density at radius 2 is 1.93 bits per heavy atom. The highest BCUT2D eigenvalue weighted by molar-refractivity contribution is 8.02. The Bertz CT molecular complexity index is 693. The maximum Gasteiger partial charge on any atom is 0.242 e. The second kappa shape index (κ2) is 10.0. The number of rotatable bonds is 8. The normalized spacial score (nSPS) is 22.6. The van der Waals surface area contributed by atoms with Crippen LogP contribution in [0.25, 0.3) is 0 Å². The summed E-state index contributed by atoms with van der Waals surface area (Å²) >= 11 is 1.70. The van der Waals surface area contributed by atoms with Gasteiger partial charge in [0.1, 0.15) is 0 Å². The molecule has 0 aromatic carbocycles. The van der Waals surface area contributed by atoms with E-state index in [1.165, 1.54) is 0 Å². The van der Waals surface area contributed by atoms with Gasteiger partial charge in [0.15, 0.2) is 6.29 Å². The van der Waals surface area contributed by atoms with Gasteiger partial charge in [0, 0.05) is 36.6 Å². The Labute approximate surface area is 183 Å². The van der Waals surface area contributed by atoms with E-state index in [2.05, 4.69) is 24.3 Å². The molecule has 8 heteroatoms. The SMILES string of the molecule is CC(OC1CCCCO1)C(C)(C)c1cc(NC(=O)C(C)(C)SC2CCOCC2)on1. The minimum absolute atomic E-state index is 0.0839. The average Bonchev–Trinajstić information content (AvgIpc) is 3.18. The number of aromatic nitrogens is 1. The Morgan fingerprint density at radius 1 is 1.20 bits per heavy atom. The van der Waals surface area contributed by atoms with Gasteiger partial charge < -0.3 is 18.7 Å². The minimum atomic E-state index is -0.570. The first-order valence-corrected chi connectivity index (χ1v) is 11.9. The number of anilines is 1. The van der Waals surface area contributed by atoms with E-state index in [1.54, 1.807) is 17.8 Å². The van der Waals surface area contributed by atoms with Crippen LogP contribution in [0.5, 0.6) is 0 Å². The molecule has 7 nitrogen and oxygen atoms in total. The van der Waals surface area contributed by atoms with E-state index in [4.69, 9.17) is 18.7 Å². The average molecular weight is 441 g/mol. The second-order valence-corrected chi connectivity index (χ2v) is 11.2. The molecule has 30 heavy (non-hydrogen) atoms. The van der Waals surface area contributed by atoms with E-state index in [1.807, 2.05) is 20.8 Å². The predicted molar refractivity (Wildman–Crippen MR) is 118 cm³/mol. The van der Waals surface area contributed by atoms with Gasteiger partial charge in [0.25, 0.3) is 0 Å². The third kappa shape index (κ3) is 5.99. The number of nitrogens with one attached hydrogen (secondary N) is 1. The summed E-state index contributed by atoms with van der Waals surface area (Å²) in [6, 6.07) is 1.80. The summed E-state index contributed by atoms with van der Waals surface area (Å²) in [5, 5.41) is 7.55. The third-order valence-electron chi connectivity index (χ3n) is 6.09. The van der Waals surface area contributed by atoms with E-state index in [-0.39, 0.29) is 23.7 Å². The first-order valence-electron chi connectivity index (χ1n) is 11.0. The standard InChI is InChI=1S/C22H36N2O5S/c1-15(28-19-8-6-7-11-27-19)21(2,3)17-14-18(29-24-17)23-20(25)22(4,5)30-16-9-12-26-13-10-16/h14-16,19H,6-13H2,1-5H3,(H,23,25). The van der Waals surface area contributed by atoms with Crippen LogP contribution in [0.1, 0.15) is 72.4 Å². The molecule has 0 bridgehead atoms. The van der Waals surface area contributed by atoms with Gasteiger partial charge in [-0.05, 0) is 52.9 Å². The maximum atomic E-state index is 12.9. The first kappa shape index (κ1) is 23.6. The molecule has 2 aliphatic heterocycles. The molecule has 0 saturated carbocycles. The summed E-state index contributed by atoms with van der Waals surface area (Å²) in [7, 11) is 0. The molecule has 2 saturated heterocycles. The van der Waals surface area contributed by atoms with Gasteiger partial charge >= 0.3 is 0 Å². The second-order valence-electron chi connectivity index (χ2n) is 9.27. The van der Waals surface area contributed by atoms with E-state index in [0.717, 1.165) is 57.6 Å². The zero-order valence-corrected chi connectivity index (χ0v) is 19.7. The highest BCUT2D eigenvalue weighted by atomic mass is 32.2. The smallest absolute Gasteiger partial charge is 0.242 e. The Morgan fingerprint density at radius 3 is 2.60 bits per heavy atom. The lowest BCUT2D eigenvalue weighted by molar-refractivity contribution is -0.196. The lowest BCUT2D eigenvalue weighted by Crippen LogP contribution is -2.38. The number of carbonyl (C=O) groups is 1. The van der Waals surface area contributed by atoms with Gasteiger partial charge in [-0.25, -0.2) is 0 Å². The first-order chi connectivity index (χ1) is 14.2. The van der Waals surface area contributed by atoms with E-state index < -0.39 is 4.75 Å². The lowest BCUT2D eigenvalue weighted by atomic mass is 9.84. The van der Waals surface area contributed by atoms with Gasteiger partial charge in [0.2, 0.25) is 11.8 Å². The molecule has 170 valence electrons. The lowest BCUT2D eigenvalue weighted by Gasteiger charge is -2.34. The van der Waals surface area contributed by atoms with Crippen molar-refractivity contribution in [3.63, 3.8) is 0 Å². The van der Waals surface area contributed by atoms with Crippen LogP contribution in [0.4, 0.5) is 5.88 Å². The van der Waals surface area contributed by atoms with Crippen molar-refractivity contribution in [2.24, 2.45) is 0 Å². The monoisotopic (exact) mass is 440 g/mol. The van der Waals surface area contributed by atoms with E-state index in [9.17, 15) is 4.79 Å². The summed E-state index contributed by atoms with van der Waals surface area (Å²) in [4.78, 5) is 12.9. The number of thioether (sulfide) groups is 1. The number of ether oxygens (including phenoxy) is 3. The van der Waals surface area contributed by atoms with E-state index in [0.29, 0.717) is 11.1 Å². The van der Waals surface area contributed by atoms with Crippen molar-refractivity contribution in [3.8, 4) is 0 Å². The predicted octanol–water partition coefficient (Wildman–Crippen LogP) is 4.51. The molecule has 2 aliphatic rings. The van der Waals surface area contributed by atoms with Crippen molar-refractivity contribution in [2.45, 2.75) is 94.5 Å². The van der Waals surface area contributed by atoms with Crippen LogP contribution in [-0.2, 0) is 24.4 Å². The van der Waals surface area contributed by atoms with Crippen molar-refractivity contribution in [1.29, 1.82) is 0 Å². The fourth-order valence-electron chi connectivity index (χ4n) is 3.59. The summed E-state index contributed by atoms with van der Waals surface area (Å²) < 4.78 is 22.1. The Kier molecular flexibility index (Phi) is 7.87. The number of hydrogen-bond donors (Lipinski definition) is 1. The molecule has 3 rings (SSSR count). The largest absolute Gasteiger partial charge is 0.381 e. The molecule has 2 atom stereocenters. The molecule has 1 N–H and O–H groups in total. The topological polar surface area (TPSA) is 82.8 Å². The van der Waals surface area contributed by atoms with Crippen molar-refractivity contribution in [3.05, 3.63) is 11.8 Å². The molecule has 0 radical (unpaired) electrons. The molecule has 1 amide bonds. The van der Waals surface area contributed by atoms with Gasteiger partial charge in [-0.3, -0.25) is 10.1 Å². The van der Waals surface area contributed by atoms with Gasteiger partial charge in [0.05, 0.1) is 16.5 Å². The number of amides is 1. The number of nitrogens with zero attached hydrogens (tertiary/aromatic N) is 1. The molecular weight excluding hydrogens is 404 g/mol. The molecular formula is C22H36N2O5S. The van der Waals surface area contributed by atoms with Crippen molar-refractivity contribution in [1.82, 2.24) is 5.16 Å². The quantitative estimate of drug-likeness (QED) is 0.636. The summed E-state index contributed by atoms with van der Waals surface area (Å²) in [5.41, 5.74) is 0.357. The van der Waals surface area contributed by atoms with Crippen molar-refractivity contribution >= 4 is 23.6 Å². The van der Waals surface area contributed by atoms with Crippen molar-refractivity contribution in [2.75, 3.05) is 25.1 Å². The summed E-state index contributed by atoms with van der Waals surface area (Å²) in [6.07, 6.45) is 4.81. The van der Waals surface area contributed by atoms with Crippen LogP contribution in [0.15, 0.2) is 10.6 Å². The van der Waals surface area contributed by atoms with Crippen LogP contribution in [0.2, 0.25) is 0 Å². The maximum absolute atomic E-state index is 12.9. The molecule has 2 unspecified atom stereocenters. The fraction of sp³-hybridized carbons (Fsp3) is 0.818. The minimum Gasteiger partial charge on any atom is -0.381 e. The van der Waals surface area contributed by atoms with Crippen molar-refractivity contribution < 1.29 is 23.5 Å². The van der Waals surface area contributed by atoms with Gasteiger partial charge in [-0.15, -0.1) is 11.8 Å². The Balaban J connectivity index is 1.57. The zero-order chi connectivity index (χ0) is 21.8. The van der Waals surface area contributed by atoms with Crippen LogP contribution in [0, 0.1) is 0 Å². The highest BCUT2D eigenvalue weighted by Gasteiger charge is 2.36. The summed E-state index contributed by atoms with van der Waals surface area (Å²) in [5.74, 6) is 0.282. The Hall–Kier alpha value is -1.09. The van der Waals surface area contributed by atoms with Gasteiger partial charge in [-0.2, -0.15) is 0 Å². The zero-order valence-electron chi connectivity index (χ0n) is 18.9. The third-order valence-corrected chi connectivity index (χ3v) is 7.67. The number of carbonyl (C=O) groups excluding carboxylic acids is 1. The van der Waals surface area contributed by atoms with Gasteiger partial charge in [-0.1, -0.05) is 19.0 Å². The molecule has 1 aromatic heterocycles. The van der Waals surface area contributed by atoms with E-state index >= 15 is 0 Å². The summed E-state index contributed by atoms with van der Waals surface area (Å²) in [6.45, 7) is 12.3. The van der Waals surface area contributed by atoms with Crippen LogP contribution in [0.3, 0.4) is 0 Å². The molecule has 1 aromatic rings. The fourth-order valence-corrected chi connectivity index (χ4v) is 5.01. The molecule has 2 fully saturated rings. The van der Waals surface area contributed by atoms with Crippen LogP contribution >= 0.6 is 11.8 Å². The van der Waals surface area contributed by atoms with Crippen LogP contribution < -0.4 is 5.32 Å². The highest BCUT2D eigenvalue weighted by Crippen LogP contribution is 2.36.